The zero-order valence-corrected chi connectivity index (χ0v) is 13.7. The molecule has 0 bridgehead atoms. The molecule has 0 unspecified atom stereocenters. The van der Waals surface area contributed by atoms with Gasteiger partial charge in [0.1, 0.15) is 11.8 Å². The number of benzene rings is 1. The summed E-state index contributed by atoms with van der Waals surface area (Å²) in [4.78, 5) is 12.4. The lowest BCUT2D eigenvalue weighted by molar-refractivity contribution is -0.317. The van der Waals surface area contributed by atoms with E-state index in [0.29, 0.717) is 19.3 Å². The maximum atomic E-state index is 13.6. The molecule has 6 nitrogen and oxygen atoms in total. The summed E-state index contributed by atoms with van der Waals surface area (Å²) in [5.74, 6) is -2.31. The maximum absolute atomic E-state index is 13.6. The molecule has 1 saturated carbocycles. The van der Waals surface area contributed by atoms with E-state index in [0.717, 1.165) is 0 Å². The third-order valence-electron chi connectivity index (χ3n) is 4.63. The van der Waals surface area contributed by atoms with Gasteiger partial charge in [0.25, 0.3) is 11.6 Å². The number of ether oxygens (including phenoxy) is 1. The summed E-state index contributed by atoms with van der Waals surface area (Å²) in [7, 11) is 0. The molecule has 1 aromatic rings. The smallest absolute Gasteiger partial charge is 0.439 e. The lowest BCUT2D eigenvalue weighted by atomic mass is 9.80. The Morgan fingerprint density at radius 3 is 2.85 bits per heavy atom. The molecule has 26 heavy (non-hydrogen) atoms. The molecule has 1 aliphatic carbocycles. The van der Waals surface area contributed by atoms with Crippen LogP contribution in [0.5, 0.6) is 5.75 Å². The van der Waals surface area contributed by atoms with Gasteiger partial charge in [0, 0.05) is 5.71 Å². The highest BCUT2D eigenvalue weighted by atomic mass is 19.4. The van der Waals surface area contributed by atoms with Crippen molar-refractivity contribution in [3.8, 4) is 11.8 Å². The summed E-state index contributed by atoms with van der Waals surface area (Å²) >= 11 is 0. The minimum atomic E-state index is -5.06. The van der Waals surface area contributed by atoms with Gasteiger partial charge < -0.3 is 9.84 Å². The Balaban J connectivity index is 1.83. The third kappa shape index (κ3) is 2.90. The lowest BCUT2D eigenvalue weighted by Crippen LogP contribution is -2.62. The molecular formula is C17H16F3N3O3. The number of hydrogen-bond acceptors (Lipinski definition) is 5. The van der Waals surface area contributed by atoms with E-state index in [1.807, 2.05) is 6.07 Å². The number of carbonyl (C=O) groups is 1. The number of alkyl halides is 3. The summed E-state index contributed by atoms with van der Waals surface area (Å²) in [6, 6.07) is 7.90. The van der Waals surface area contributed by atoms with E-state index >= 15 is 0 Å². The van der Waals surface area contributed by atoms with Crippen LogP contribution >= 0.6 is 0 Å². The van der Waals surface area contributed by atoms with Crippen molar-refractivity contribution in [3.05, 3.63) is 29.8 Å². The fourth-order valence-corrected chi connectivity index (χ4v) is 3.35. The summed E-state index contributed by atoms with van der Waals surface area (Å²) in [5.41, 5.74) is -3.03. The van der Waals surface area contributed by atoms with E-state index in [1.165, 1.54) is 12.1 Å². The molecule has 1 aliphatic heterocycles. The zero-order valence-electron chi connectivity index (χ0n) is 13.7. The van der Waals surface area contributed by atoms with Crippen LogP contribution in [0.15, 0.2) is 29.4 Å². The fourth-order valence-electron chi connectivity index (χ4n) is 3.35. The zero-order chi connectivity index (χ0) is 18.9. The Morgan fingerprint density at radius 1 is 1.42 bits per heavy atom. The van der Waals surface area contributed by atoms with Crippen molar-refractivity contribution in [2.24, 2.45) is 11.0 Å². The van der Waals surface area contributed by atoms with Crippen molar-refractivity contribution in [3.63, 3.8) is 0 Å². The highest BCUT2D eigenvalue weighted by molar-refractivity contribution is 5.93. The SMILES string of the molecule is N#Cc1ccccc1OCC(=O)N1N=C2CCCC[C@@H]2[C@]1(O)C(F)(F)F. The molecule has 0 saturated heterocycles. The second kappa shape index (κ2) is 6.61. The molecule has 2 aliphatic rings. The van der Waals surface area contributed by atoms with Gasteiger partial charge >= 0.3 is 6.18 Å². The highest BCUT2D eigenvalue weighted by Gasteiger charge is 2.68. The van der Waals surface area contributed by atoms with Crippen molar-refractivity contribution >= 4 is 11.6 Å². The number of hydrogen-bond donors (Lipinski definition) is 1. The van der Waals surface area contributed by atoms with Gasteiger partial charge in [-0.15, -0.1) is 0 Å². The first kappa shape index (κ1) is 18.2. The molecule has 0 spiro atoms. The summed E-state index contributed by atoms with van der Waals surface area (Å²) in [5, 5.41) is 23.3. The molecule has 138 valence electrons. The van der Waals surface area contributed by atoms with E-state index in [-0.39, 0.29) is 28.5 Å². The van der Waals surface area contributed by atoms with Gasteiger partial charge in [-0.2, -0.15) is 28.5 Å². The molecule has 0 radical (unpaired) electrons. The lowest BCUT2D eigenvalue weighted by Gasteiger charge is -2.38. The monoisotopic (exact) mass is 367 g/mol. The van der Waals surface area contributed by atoms with Crippen molar-refractivity contribution in [2.45, 2.75) is 37.6 Å². The summed E-state index contributed by atoms with van der Waals surface area (Å²) in [6.45, 7) is -0.777. The molecule has 1 N–H and O–H groups in total. The van der Waals surface area contributed by atoms with Crippen molar-refractivity contribution < 1.29 is 27.8 Å². The number of hydrazone groups is 1. The molecular weight excluding hydrogens is 351 g/mol. The maximum Gasteiger partial charge on any atom is 0.439 e. The van der Waals surface area contributed by atoms with Crippen LogP contribution in [0.3, 0.4) is 0 Å². The Labute approximate surface area is 147 Å². The van der Waals surface area contributed by atoms with Gasteiger partial charge in [0.2, 0.25) is 0 Å². The number of nitrogens with zero attached hydrogens (tertiary/aromatic N) is 3. The Kier molecular flexibility index (Phi) is 4.63. The quantitative estimate of drug-likeness (QED) is 0.890. The normalized spacial score (nSPS) is 25.3. The topological polar surface area (TPSA) is 85.9 Å². The van der Waals surface area contributed by atoms with E-state index < -0.39 is 30.3 Å². The van der Waals surface area contributed by atoms with Crippen molar-refractivity contribution in [1.29, 1.82) is 5.26 Å². The molecule has 0 aromatic heterocycles. The number of carbonyl (C=O) groups excluding carboxylic acids is 1. The van der Waals surface area contributed by atoms with Gasteiger partial charge in [0.15, 0.2) is 6.61 Å². The second-order valence-corrected chi connectivity index (χ2v) is 6.22. The van der Waals surface area contributed by atoms with Crippen LogP contribution < -0.4 is 4.74 Å². The average Bonchev–Trinajstić information content (AvgIpc) is 2.94. The van der Waals surface area contributed by atoms with Crippen LogP contribution in [-0.2, 0) is 4.79 Å². The van der Waals surface area contributed by atoms with Gasteiger partial charge in [0.05, 0.1) is 11.5 Å². The molecule has 3 rings (SSSR count). The number of halogens is 3. The Bertz CT molecular complexity index is 787. The molecule has 1 fully saturated rings. The van der Waals surface area contributed by atoms with Crippen LogP contribution in [0.2, 0.25) is 0 Å². The molecule has 2 atom stereocenters. The number of para-hydroxylation sites is 1. The number of fused-ring (bicyclic) bond motifs is 1. The molecule has 1 aromatic carbocycles. The van der Waals surface area contributed by atoms with Crippen LogP contribution in [0.25, 0.3) is 0 Å². The van der Waals surface area contributed by atoms with Gasteiger partial charge in [-0.3, -0.25) is 4.79 Å². The highest BCUT2D eigenvalue weighted by Crippen LogP contribution is 2.48. The molecule has 1 heterocycles. The average molecular weight is 367 g/mol. The third-order valence-corrected chi connectivity index (χ3v) is 4.63. The molecule has 1 amide bonds. The molecule has 9 heteroatoms. The van der Waals surface area contributed by atoms with E-state index in [4.69, 9.17) is 10.00 Å². The van der Waals surface area contributed by atoms with Gasteiger partial charge in [-0.1, -0.05) is 18.6 Å². The van der Waals surface area contributed by atoms with Crippen molar-refractivity contribution in [2.75, 3.05) is 6.61 Å². The van der Waals surface area contributed by atoms with Crippen LogP contribution in [0, 0.1) is 17.2 Å². The van der Waals surface area contributed by atoms with Crippen LogP contribution in [-0.4, -0.2) is 40.2 Å². The minimum Gasteiger partial charge on any atom is -0.482 e. The standard InChI is InChI=1S/C17H16F3N3O3/c18-17(19,20)16(25)12-6-2-3-7-13(12)22-23(16)15(24)10-26-14-8-4-1-5-11(14)9-21/h1,4-5,8,12,25H,2-3,6-7,10H2/t12-,16-/m0/s1. The second-order valence-electron chi connectivity index (χ2n) is 6.22. The Morgan fingerprint density at radius 2 is 2.15 bits per heavy atom. The van der Waals surface area contributed by atoms with E-state index in [1.54, 1.807) is 12.1 Å². The van der Waals surface area contributed by atoms with E-state index in [9.17, 15) is 23.1 Å². The summed E-state index contributed by atoms with van der Waals surface area (Å²) in [6.07, 6.45) is -3.45. The van der Waals surface area contributed by atoms with Crippen LogP contribution in [0.1, 0.15) is 31.2 Å². The number of rotatable bonds is 3. The first-order valence-electron chi connectivity index (χ1n) is 8.10. The number of nitriles is 1. The van der Waals surface area contributed by atoms with Crippen LogP contribution in [0.4, 0.5) is 13.2 Å². The Hall–Kier alpha value is -2.60. The fraction of sp³-hybridized carbons (Fsp3) is 0.471. The first-order valence-corrected chi connectivity index (χ1v) is 8.10. The number of aliphatic hydroxyl groups is 1. The predicted molar refractivity (Wildman–Crippen MR) is 83.9 cm³/mol. The minimum absolute atomic E-state index is 0.0724. The summed E-state index contributed by atoms with van der Waals surface area (Å²) < 4.78 is 46.0. The van der Waals surface area contributed by atoms with E-state index in [2.05, 4.69) is 5.10 Å². The first-order chi connectivity index (χ1) is 12.3. The van der Waals surface area contributed by atoms with Gasteiger partial charge in [-0.25, -0.2) is 0 Å². The van der Waals surface area contributed by atoms with Crippen molar-refractivity contribution in [1.82, 2.24) is 5.01 Å². The largest absolute Gasteiger partial charge is 0.482 e. The predicted octanol–water partition coefficient (Wildman–Crippen LogP) is 2.58. The number of amides is 1. The van der Waals surface area contributed by atoms with Gasteiger partial charge in [-0.05, 0) is 31.4 Å².